The second-order valence-electron chi connectivity index (χ2n) is 3.09. The molecular formula is C10H13FN2O2. The number of pyridine rings is 1. The molecular weight excluding hydrogens is 199 g/mol. The minimum Gasteiger partial charge on any atom is -0.469 e. The van der Waals surface area contributed by atoms with Crippen LogP contribution in [-0.2, 0) is 9.53 Å². The lowest BCUT2D eigenvalue weighted by molar-refractivity contribution is -0.140. The van der Waals surface area contributed by atoms with Crippen molar-refractivity contribution in [2.24, 2.45) is 5.73 Å². The molecule has 2 N–H and O–H groups in total. The first-order valence-electron chi connectivity index (χ1n) is 4.58. The number of esters is 1. The van der Waals surface area contributed by atoms with Crippen LogP contribution in [0.3, 0.4) is 0 Å². The molecule has 0 saturated carbocycles. The number of ether oxygens (including phenoxy) is 1. The first kappa shape index (κ1) is 11.6. The maximum atomic E-state index is 13.2. The highest BCUT2D eigenvalue weighted by Crippen LogP contribution is 2.16. The Labute approximate surface area is 87.3 Å². The zero-order chi connectivity index (χ0) is 11.3. The molecule has 82 valence electrons. The molecule has 0 aliphatic rings. The smallest absolute Gasteiger partial charge is 0.305 e. The summed E-state index contributed by atoms with van der Waals surface area (Å²) < 4.78 is 17.6. The van der Waals surface area contributed by atoms with Gasteiger partial charge in [0.25, 0.3) is 0 Å². The van der Waals surface area contributed by atoms with Crippen LogP contribution in [0.4, 0.5) is 4.39 Å². The number of aromatic nitrogens is 1. The van der Waals surface area contributed by atoms with Crippen molar-refractivity contribution < 1.29 is 13.9 Å². The average molecular weight is 212 g/mol. The molecule has 0 aliphatic carbocycles. The van der Waals surface area contributed by atoms with Gasteiger partial charge >= 0.3 is 5.97 Å². The quantitative estimate of drug-likeness (QED) is 0.761. The fraction of sp³-hybridized carbons (Fsp3) is 0.400. The largest absolute Gasteiger partial charge is 0.469 e. The number of halogens is 1. The molecule has 1 unspecified atom stereocenters. The van der Waals surface area contributed by atoms with Crippen molar-refractivity contribution in [1.82, 2.24) is 4.98 Å². The van der Waals surface area contributed by atoms with E-state index in [2.05, 4.69) is 9.72 Å². The lowest BCUT2D eigenvalue weighted by Crippen LogP contribution is -2.15. The van der Waals surface area contributed by atoms with Gasteiger partial charge < -0.3 is 10.5 Å². The van der Waals surface area contributed by atoms with Gasteiger partial charge in [-0.15, -0.1) is 0 Å². The van der Waals surface area contributed by atoms with Crippen LogP contribution in [0.1, 0.15) is 24.6 Å². The van der Waals surface area contributed by atoms with Gasteiger partial charge in [-0.05, 0) is 18.6 Å². The Bertz CT molecular complexity index is 344. The number of carbonyl (C=O) groups excluding carboxylic acids is 1. The van der Waals surface area contributed by atoms with Gasteiger partial charge in [0.1, 0.15) is 5.82 Å². The third-order valence-electron chi connectivity index (χ3n) is 2.03. The lowest BCUT2D eigenvalue weighted by atomic mass is 10.1. The first-order chi connectivity index (χ1) is 7.15. The van der Waals surface area contributed by atoms with Gasteiger partial charge in [0.2, 0.25) is 0 Å². The fourth-order valence-corrected chi connectivity index (χ4v) is 1.18. The summed E-state index contributed by atoms with van der Waals surface area (Å²) >= 11 is 0. The maximum absolute atomic E-state index is 13.2. The van der Waals surface area contributed by atoms with E-state index in [9.17, 15) is 9.18 Å². The lowest BCUT2D eigenvalue weighted by Gasteiger charge is -2.10. The minimum atomic E-state index is -0.578. The molecule has 4 nitrogen and oxygen atoms in total. The molecule has 0 bridgehead atoms. The number of carbonyl (C=O) groups is 1. The summed E-state index contributed by atoms with van der Waals surface area (Å²) in [7, 11) is 1.30. The van der Waals surface area contributed by atoms with Crippen LogP contribution >= 0.6 is 0 Å². The minimum absolute atomic E-state index is 0.160. The van der Waals surface area contributed by atoms with Crippen molar-refractivity contribution in [3.05, 3.63) is 29.8 Å². The van der Waals surface area contributed by atoms with Crippen molar-refractivity contribution in [3.63, 3.8) is 0 Å². The zero-order valence-electron chi connectivity index (χ0n) is 8.44. The number of nitrogens with zero attached hydrogens (tertiary/aromatic N) is 1. The van der Waals surface area contributed by atoms with Crippen molar-refractivity contribution in [3.8, 4) is 0 Å². The van der Waals surface area contributed by atoms with Gasteiger partial charge in [0, 0.05) is 12.6 Å². The summed E-state index contributed by atoms with van der Waals surface area (Å²) in [6.45, 7) is 0. The summed E-state index contributed by atoms with van der Waals surface area (Å²) in [5, 5.41) is 0. The van der Waals surface area contributed by atoms with Crippen LogP contribution in [0.25, 0.3) is 0 Å². The van der Waals surface area contributed by atoms with Gasteiger partial charge in [-0.3, -0.25) is 9.78 Å². The van der Waals surface area contributed by atoms with E-state index in [-0.39, 0.29) is 18.1 Å². The summed E-state index contributed by atoms with van der Waals surface area (Å²) in [5.74, 6) is -0.809. The average Bonchev–Trinajstić information content (AvgIpc) is 2.26. The maximum Gasteiger partial charge on any atom is 0.305 e. The van der Waals surface area contributed by atoms with Gasteiger partial charge in [-0.25, -0.2) is 4.39 Å². The Hall–Kier alpha value is -1.49. The van der Waals surface area contributed by atoms with Crippen LogP contribution < -0.4 is 5.73 Å². The summed E-state index contributed by atoms with van der Waals surface area (Å²) in [5.41, 5.74) is 5.87. The molecule has 0 saturated heterocycles. The number of nitrogens with two attached hydrogens (primary N) is 1. The molecule has 1 rings (SSSR count). The van der Waals surface area contributed by atoms with Crippen LogP contribution in [0.15, 0.2) is 18.3 Å². The summed E-state index contributed by atoms with van der Waals surface area (Å²) in [4.78, 5) is 14.7. The highest BCUT2D eigenvalue weighted by Gasteiger charge is 2.14. The SMILES string of the molecule is COC(=O)CCC(N)c1ncccc1F. The number of hydrogen-bond acceptors (Lipinski definition) is 4. The Morgan fingerprint density at radius 2 is 2.47 bits per heavy atom. The Balaban J connectivity index is 2.57. The molecule has 1 atom stereocenters. The molecule has 0 aliphatic heterocycles. The number of hydrogen-bond donors (Lipinski definition) is 1. The van der Waals surface area contributed by atoms with Crippen LogP contribution in [0.5, 0.6) is 0 Å². The monoisotopic (exact) mass is 212 g/mol. The van der Waals surface area contributed by atoms with Crippen LogP contribution in [-0.4, -0.2) is 18.1 Å². The molecule has 0 aromatic carbocycles. The fourth-order valence-electron chi connectivity index (χ4n) is 1.18. The van der Waals surface area contributed by atoms with E-state index in [0.717, 1.165) is 0 Å². The Morgan fingerprint density at radius 3 is 3.07 bits per heavy atom. The topological polar surface area (TPSA) is 65.2 Å². The second-order valence-corrected chi connectivity index (χ2v) is 3.09. The normalized spacial score (nSPS) is 12.2. The Morgan fingerprint density at radius 1 is 1.73 bits per heavy atom. The van der Waals surface area contributed by atoms with E-state index in [0.29, 0.717) is 6.42 Å². The van der Waals surface area contributed by atoms with E-state index in [1.165, 1.54) is 25.4 Å². The highest BCUT2D eigenvalue weighted by atomic mass is 19.1. The predicted octanol–water partition coefficient (Wildman–Crippen LogP) is 1.17. The molecule has 0 fully saturated rings. The molecule has 0 spiro atoms. The van der Waals surface area contributed by atoms with Crippen molar-refractivity contribution in [2.75, 3.05) is 7.11 Å². The molecule has 1 aromatic heterocycles. The second kappa shape index (κ2) is 5.41. The molecule has 0 radical (unpaired) electrons. The Kier molecular flexibility index (Phi) is 4.17. The van der Waals surface area contributed by atoms with Gasteiger partial charge in [-0.1, -0.05) is 0 Å². The number of rotatable bonds is 4. The number of methoxy groups -OCH3 is 1. The van der Waals surface area contributed by atoms with E-state index < -0.39 is 11.9 Å². The van der Waals surface area contributed by atoms with Gasteiger partial charge in [-0.2, -0.15) is 0 Å². The molecule has 1 heterocycles. The summed E-state index contributed by atoms with van der Waals surface area (Å²) in [6.07, 6.45) is 1.95. The van der Waals surface area contributed by atoms with Gasteiger partial charge in [0.05, 0.1) is 18.8 Å². The van der Waals surface area contributed by atoms with E-state index in [1.807, 2.05) is 0 Å². The predicted molar refractivity (Wildman–Crippen MR) is 52.4 cm³/mol. The molecule has 5 heteroatoms. The van der Waals surface area contributed by atoms with Crippen molar-refractivity contribution in [2.45, 2.75) is 18.9 Å². The van der Waals surface area contributed by atoms with E-state index >= 15 is 0 Å². The van der Waals surface area contributed by atoms with Crippen LogP contribution in [0.2, 0.25) is 0 Å². The molecule has 1 aromatic rings. The van der Waals surface area contributed by atoms with Crippen molar-refractivity contribution >= 4 is 5.97 Å². The third kappa shape index (κ3) is 3.28. The molecule has 0 amide bonds. The first-order valence-corrected chi connectivity index (χ1v) is 4.58. The zero-order valence-corrected chi connectivity index (χ0v) is 8.44. The van der Waals surface area contributed by atoms with Crippen molar-refractivity contribution in [1.29, 1.82) is 0 Å². The highest BCUT2D eigenvalue weighted by molar-refractivity contribution is 5.69. The molecule has 15 heavy (non-hydrogen) atoms. The van der Waals surface area contributed by atoms with E-state index in [1.54, 1.807) is 0 Å². The summed E-state index contributed by atoms with van der Waals surface area (Å²) in [6, 6.07) is 2.21. The standard InChI is InChI=1S/C10H13FN2O2/c1-15-9(14)5-4-8(12)10-7(11)3-2-6-13-10/h2-3,6,8H,4-5,12H2,1H3. The van der Waals surface area contributed by atoms with E-state index in [4.69, 9.17) is 5.73 Å². The third-order valence-corrected chi connectivity index (χ3v) is 2.03. The van der Waals surface area contributed by atoms with Gasteiger partial charge in [0.15, 0.2) is 0 Å². The van der Waals surface area contributed by atoms with Crippen LogP contribution in [0, 0.1) is 5.82 Å².